The summed E-state index contributed by atoms with van der Waals surface area (Å²) in [6.45, 7) is 7.22. The SMILES string of the molecule is Cc1ccc(S(=O)(=O)NC(=O)c2ccc3nc(C)n(Cc4ncc(NC(=O)OC(C)C)cc4Cl)c3n2)cc1. The van der Waals surface area contributed by atoms with E-state index in [0.717, 1.165) is 5.56 Å². The van der Waals surface area contributed by atoms with Crippen molar-refractivity contribution in [3.05, 3.63) is 76.5 Å². The molecule has 0 spiro atoms. The van der Waals surface area contributed by atoms with Crippen LogP contribution < -0.4 is 10.0 Å². The molecule has 0 fully saturated rings. The quantitative estimate of drug-likeness (QED) is 0.344. The number of pyridine rings is 2. The predicted molar refractivity (Wildman–Crippen MR) is 142 cm³/mol. The van der Waals surface area contributed by atoms with Crippen LogP contribution in [0.15, 0.2) is 53.6 Å². The van der Waals surface area contributed by atoms with Gasteiger partial charge in [-0.1, -0.05) is 29.3 Å². The van der Waals surface area contributed by atoms with Gasteiger partial charge in [0.2, 0.25) is 0 Å². The van der Waals surface area contributed by atoms with E-state index in [-0.39, 0.29) is 28.3 Å². The number of fused-ring (bicyclic) bond motifs is 1. The van der Waals surface area contributed by atoms with Crippen molar-refractivity contribution in [1.29, 1.82) is 0 Å². The highest BCUT2D eigenvalue weighted by molar-refractivity contribution is 7.90. The molecule has 0 aliphatic rings. The average molecular weight is 557 g/mol. The van der Waals surface area contributed by atoms with Crippen LogP contribution in [0.2, 0.25) is 5.02 Å². The van der Waals surface area contributed by atoms with E-state index in [1.165, 1.54) is 24.4 Å². The zero-order valence-electron chi connectivity index (χ0n) is 21.0. The summed E-state index contributed by atoms with van der Waals surface area (Å²) in [6, 6.07) is 10.7. The Labute approximate surface area is 224 Å². The first-order valence-corrected chi connectivity index (χ1v) is 13.4. The number of carbonyl (C=O) groups is 2. The largest absolute Gasteiger partial charge is 0.447 e. The first-order chi connectivity index (χ1) is 17.9. The van der Waals surface area contributed by atoms with Crippen molar-refractivity contribution in [2.24, 2.45) is 0 Å². The molecule has 0 bridgehead atoms. The van der Waals surface area contributed by atoms with Crippen molar-refractivity contribution < 1.29 is 22.7 Å². The Morgan fingerprint density at radius 2 is 1.79 bits per heavy atom. The Bertz CT molecular complexity index is 1630. The average Bonchev–Trinajstić information content (AvgIpc) is 3.14. The molecule has 3 heterocycles. The minimum atomic E-state index is -4.08. The maximum absolute atomic E-state index is 12.8. The minimum Gasteiger partial charge on any atom is -0.447 e. The summed E-state index contributed by atoms with van der Waals surface area (Å²) in [6.07, 6.45) is 0.540. The smallest absolute Gasteiger partial charge is 0.411 e. The summed E-state index contributed by atoms with van der Waals surface area (Å²) in [4.78, 5) is 37.8. The van der Waals surface area contributed by atoms with Crippen LogP contribution in [-0.2, 0) is 21.3 Å². The van der Waals surface area contributed by atoms with Gasteiger partial charge in [-0.25, -0.2) is 27.9 Å². The van der Waals surface area contributed by atoms with Crippen molar-refractivity contribution in [2.75, 3.05) is 5.32 Å². The number of rotatable bonds is 7. The highest BCUT2D eigenvalue weighted by Crippen LogP contribution is 2.23. The molecule has 38 heavy (non-hydrogen) atoms. The molecule has 0 atom stereocenters. The van der Waals surface area contributed by atoms with Crippen LogP contribution in [0.25, 0.3) is 11.2 Å². The number of sulfonamides is 1. The van der Waals surface area contributed by atoms with Crippen molar-refractivity contribution in [2.45, 2.75) is 45.2 Å². The summed E-state index contributed by atoms with van der Waals surface area (Å²) >= 11 is 6.42. The van der Waals surface area contributed by atoms with Crippen molar-refractivity contribution in [3.63, 3.8) is 0 Å². The van der Waals surface area contributed by atoms with Crippen LogP contribution in [-0.4, -0.2) is 46.0 Å². The van der Waals surface area contributed by atoms with Crippen LogP contribution in [0, 0.1) is 13.8 Å². The van der Waals surface area contributed by atoms with E-state index in [0.29, 0.717) is 28.4 Å². The maximum atomic E-state index is 12.8. The Morgan fingerprint density at radius 3 is 2.45 bits per heavy atom. The lowest BCUT2D eigenvalue weighted by atomic mass is 10.2. The number of nitrogens with one attached hydrogen (secondary N) is 2. The third-order valence-corrected chi connectivity index (χ3v) is 7.06. The Balaban J connectivity index is 1.57. The van der Waals surface area contributed by atoms with E-state index >= 15 is 0 Å². The lowest BCUT2D eigenvalue weighted by molar-refractivity contribution is 0.0976. The summed E-state index contributed by atoms with van der Waals surface area (Å²) in [5.41, 5.74) is 2.48. The molecular weight excluding hydrogens is 532 g/mol. The molecule has 2 N–H and O–H groups in total. The van der Waals surface area contributed by atoms with Gasteiger partial charge in [0.25, 0.3) is 15.9 Å². The number of halogens is 1. The zero-order chi connectivity index (χ0) is 27.6. The van der Waals surface area contributed by atoms with Gasteiger partial charge in [-0.15, -0.1) is 0 Å². The minimum absolute atomic E-state index is 0.0328. The Morgan fingerprint density at radius 1 is 1.08 bits per heavy atom. The van der Waals surface area contributed by atoms with Gasteiger partial charge in [0.05, 0.1) is 40.1 Å². The van der Waals surface area contributed by atoms with E-state index in [2.05, 4.69) is 25.0 Å². The molecule has 4 aromatic rings. The van der Waals surface area contributed by atoms with Crippen LogP contribution in [0.1, 0.15) is 41.4 Å². The van der Waals surface area contributed by atoms with E-state index < -0.39 is 22.0 Å². The second kappa shape index (κ2) is 10.8. The summed E-state index contributed by atoms with van der Waals surface area (Å²) in [7, 11) is -4.08. The summed E-state index contributed by atoms with van der Waals surface area (Å²) in [5.74, 6) is -0.296. The lowest BCUT2D eigenvalue weighted by Gasteiger charge is -2.12. The van der Waals surface area contributed by atoms with Gasteiger partial charge >= 0.3 is 6.09 Å². The van der Waals surface area contributed by atoms with Crippen LogP contribution in [0.5, 0.6) is 0 Å². The third kappa shape index (κ3) is 6.09. The van der Waals surface area contributed by atoms with Gasteiger partial charge in [-0.3, -0.25) is 15.1 Å². The molecular formula is C25H25ClN6O5S. The maximum Gasteiger partial charge on any atom is 0.411 e. The summed E-state index contributed by atoms with van der Waals surface area (Å²) < 4.78 is 34.1. The molecule has 198 valence electrons. The van der Waals surface area contributed by atoms with Crippen LogP contribution in [0.4, 0.5) is 10.5 Å². The standard InChI is InChI=1S/C25H25ClN6O5S/c1-14(2)37-25(34)29-17-11-19(26)22(27-12-17)13-32-16(4)28-20-9-10-21(30-23(20)32)24(33)31-38(35,36)18-7-5-15(3)6-8-18/h5-12,14H,13H2,1-4H3,(H,29,34)(H,31,33). The van der Waals surface area contributed by atoms with Gasteiger partial charge in [0.1, 0.15) is 17.0 Å². The molecule has 0 aliphatic carbocycles. The molecule has 0 saturated heterocycles. The number of amides is 2. The van der Waals surface area contributed by atoms with Crippen LogP contribution in [0.3, 0.4) is 0 Å². The normalized spacial score (nSPS) is 11.5. The highest BCUT2D eigenvalue weighted by atomic mass is 35.5. The van der Waals surface area contributed by atoms with E-state index in [4.69, 9.17) is 16.3 Å². The number of aryl methyl sites for hydroxylation is 2. The fourth-order valence-electron chi connectivity index (χ4n) is 3.54. The van der Waals surface area contributed by atoms with Gasteiger partial charge in [0.15, 0.2) is 5.65 Å². The highest BCUT2D eigenvalue weighted by Gasteiger charge is 2.21. The number of ether oxygens (including phenoxy) is 1. The molecule has 2 amide bonds. The number of nitrogens with zero attached hydrogens (tertiary/aromatic N) is 4. The molecule has 0 aliphatic heterocycles. The van der Waals surface area contributed by atoms with Crippen molar-refractivity contribution in [3.8, 4) is 0 Å². The number of carbonyl (C=O) groups excluding carboxylic acids is 2. The number of benzene rings is 1. The molecule has 3 aromatic heterocycles. The first-order valence-electron chi connectivity index (χ1n) is 11.5. The van der Waals surface area contributed by atoms with E-state index in [1.807, 2.05) is 6.92 Å². The molecule has 1 aromatic carbocycles. The first kappa shape index (κ1) is 27.0. The van der Waals surface area contributed by atoms with Crippen LogP contribution >= 0.6 is 11.6 Å². The lowest BCUT2D eigenvalue weighted by Crippen LogP contribution is -2.31. The molecule has 4 rings (SSSR count). The van der Waals surface area contributed by atoms with Gasteiger partial charge in [-0.05, 0) is 58.0 Å². The van der Waals surface area contributed by atoms with Gasteiger partial charge in [0, 0.05) is 0 Å². The third-order valence-electron chi connectivity index (χ3n) is 5.39. The number of hydrogen-bond acceptors (Lipinski definition) is 8. The van der Waals surface area contributed by atoms with E-state index in [9.17, 15) is 18.0 Å². The summed E-state index contributed by atoms with van der Waals surface area (Å²) in [5, 5.41) is 2.84. The Hall–Kier alpha value is -4.03. The number of aromatic nitrogens is 4. The van der Waals surface area contributed by atoms with Crippen molar-refractivity contribution in [1.82, 2.24) is 24.2 Å². The number of hydrogen-bond donors (Lipinski definition) is 2. The molecule has 0 saturated carbocycles. The van der Waals surface area contributed by atoms with Gasteiger partial charge in [-0.2, -0.15) is 0 Å². The molecule has 11 nitrogen and oxygen atoms in total. The second-order valence-electron chi connectivity index (χ2n) is 8.76. The fraction of sp³-hybridized carbons (Fsp3) is 0.240. The van der Waals surface area contributed by atoms with Crippen molar-refractivity contribution >= 4 is 50.5 Å². The molecule has 13 heteroatoms. The number of anilines is 1. The molecule has 0 unspecified atom stereocenters. The Kier molecular flexibility index (Phi) is 7.65. The predicted octanol–water partition coefficient (Wildman–Crippen LogP) is 4.22. The number of imidazole rings is 1. The van der Waals surface area contributed by atoms with Gasteiger partial charge < -0.3 is 9.30 Å². The zero-order valence-corrected chi connectivity index (χ0v) is 22.6. The topological polar surface area (TPSA) is 145 Å². The monoisotopic (exact) mass is 556 g/mol. The fourth-order valence-corrected chi connectivity index (χ4v) is 4.73. The second-order valence-corrected chi connectivity index (χ2v) is 10.9. The van der Waals surface area contributed by atoms with E-state index in [1.54, 1.807) is 49.6 Å². The molecule has 0 radical (unpaired) electrons.